The molecule has 1 heterocycles. The summed E-state index contributed by atoms with van der Waals surface area (Å²) in [6.07, 6.45) is 8.33. The number of hydrogen-bond donors (Lipinski definition) is 1. The molecule has 3 aromatic rings. The summed E-state index contributed by atoms with van der Waals surface area (Å²) in [6, 6.07) is 27.9. The normalized spacial score (nSPS) is 10.9. The molecule has 0 fully saturated rings. The summed E-state index contributed by atoms with van der Waals surface area (Å²) in [5.41, 5.74) is 1.18. The number of carboxylic acids is 1. The van der Waals surface area contributed by atoms with Gasteiger partial charge in [0, 0.05) is 18.7 Å². The molecule has 0 bridgehead atoms. The highest BCUT2D eigenvalue weighted by atomic mass is 79.9. The van der Waals surface area contributed by atoms with E-state index in [4.69, 9.17) is 10.1 Å². The highest BCUT2D eigenvalue weighted by Crippen LogP contribution is 2.55. The van der Waals surface area contributed by atoms with Crippen LogP contribution in [0.15, 0.2) is 85.1 Å². The standard InChI is InChI=1S/C25H28NO2P.BrH/c27-25(28)19-10-2-1-3-13-21-29(22-14-6-4-7-15-22,23-16-8-5-9-17-23)24-18-11-12-20-26-24;/h4-9,11-12,14-18,20H,1-3,10,13,19,21H2;1H. The molecule has 0 aliphatic rings. The second kappa shape index (κ2) is 12.6. The van der Waals surface area contributed by atoms with Gasteiger partial charge in [0.05, 0.1) is 6.16 Å². The number of unbranched alkanes of at least 4 members (excludes halogenated alkanes) is 4. The maximum Gasteiger partial charge on any atom is 0.303 e. The molecule has 1 N–H and O–H groups in total. The zero-order valence-corrected chi connectivity index (χ0v) is 19.6. The summed E-state index contributed by atoms with van der Waals surface area (Å²) in [4.78, 5) is 15.5. The zero-order chi connectivity index (χ0) is 20.4. The number of aliphatic carboxylic acids is 1. The second-order valence-electron chi connectivity index (χ2n) is 7.30. The number of halogens is 1. The SMILES string of the molecule is O=C(O)CCCCCCC[P+](c1ccccc1)(c1ccccc1)c1ccccn1.[Br-]. The van der Waals surface area contributed by atoms with Gasteiger partial charge in [-0.2, -0.15) is 0 Å². The van der Waals surface area contributed by atoms with Crippen molar-refractivity contribution in [2.75, 3.05) is 6.16 Å². The molecule has 0 saturated heterocycles. The van der Waals surface area contributed by atoms with Gasteiger partial charge in [-0.05, 0) is 49.6 Å². The molecule has 3 rings (SSSR count). The Labute approximate surface area is 190 Å². The van der Waals surface area contributed by atoms with Crippen molar-refractivity contribution < 1.29 is 26.9 Å². The van der Waals surface area contributed by atoms with Crippen LogP contribution in [0, 0.1) is 0 Å². The Morgan fingerprint density at radius 3 is 1.80 bits per heavy atom. The first-order valence-corrected chi connectivity index (χ1v) is 12.3. The average Bonchev–Trinajstić information content (AvgIpc) is 2.77. The molecule has 30 heavy (non-hydrogen) atoms. The van der Waals surface area contributed by atoms with E-state index < -0.39 is 13.2 Å². The Morgan fingerprint density at radius 2 is 1.27 bits per heavy atom. The number of carbonyl (C=O) groups is 1. The van der Waals surface area contributed by atoms with E-state index in [2.05, 4.69) is 72.8 Å². The minimum atomic E-state index is -1.83. The Kier molecular flexibility index (Phi) is 10.2. The molecule has 0 spiro atoms. The largest absolute Gasteiger partial charge is 1.00 e. The topological polar surface area (TPSA) is 50.2 Å². The van der Waals surface area contributed by atoms with Gasteiger partial charge in [0.15, 0.2) is 5.44 Å². The van der Waals surface area contributed by atoms with Crippen molar-refractivity contribution in [1.82, 2.24) is 4.98 Å². The minimum absolute atomic E-state index is 0. The van der Waals surface area contributed by atoms with Gasteiger partial charge in [-0.1, -0.05) is 55.3 Å². The lowest BCUT2D eigenvalue weighted by Gasteiger charge is -2.26. The van der Waals surface area contributed by atoms with Crippen LogP contribution in [0.25, 0.3) is 0 Å². The van der Waals surface area contributed by atoms with E-state index in [1.807, 2.05) is 12.3 Å². The number of carboxylic acid groups (broad SMARTS) is 1. The minimum Gasteiger partial charge on any atom is -1.00 e. The van der Waals surface area contributed by atoms with Crippen LogP contribution in [0.4, 0.5) is 0 Å². The van der Waals surface area contributed by atoms with Crippen LogP contribution in [-0.4, -0.2) is 22.2 Å². The van der Waals surface area contributed by atoms with E-state index in [1.165, 1.54) is 16.0 Å². The first kappa shape index (κ1) is 24.2. The Balaban J connectivity index is 0.00000320. The molecule has 0 radical (unpaired) electrons. The number of aromatic nitrogens is 1. The third-order valence-electron chi connectivity index (χ3n) is 5.32. The fourth-order valence-corrected chi connectivity index (χ4v) is 8.12. The molecular formula is C25H29BrNO2P. The van der Waals surface area contributed by atoms with E-state index in [0.717, 1.165) is 38.3 Å². The van der Waals surface area contributed by atoms with E-state index in [9.17, 15) is 4.79 Å². The molecule has 2 aromatic carbocycles. The lowest BCUT2D eigenvalue weighted by Crippen LogP contribution is -3.00. The third-order valence-corrected chi connectivity index (χ3v) is 9.71. The van der Waals surface area contributed by atoms with Gasteiger partial charge in [-0.25, -0.2) is 4.98 Å². The highest BCUT2D eigenvalue weighted by molar-refractivity contribution is 7.95. The average molecular weight is 486 g/mol. The van der Waals surface area contributed by atoms with Crippen molar-refractivity contribution in [3.8, 4) is 0 Å². The molecule has 1 aromatic heterocycles. The summed E-state index contributed by atoms with van der Waals surface area (Å²) < 4.78 is 0. The van der Waals surface area contributed by atoms with Crippen molar-refractivity contribution in [3.05, 3.63) is 85.1 Å². The third kappa shape index (κ3) is 6.23. The first-order chi connectivity index (χ1) is 14.2. The van der Waals surface area contributed by atoms with Crippen molar-refractivity contribution in [1.29, 1.82) is 0 Å². The molecular weight excluding hydrogens is 457 g/mol. The van der Waals surface area contributed by atoms with Crippen molar-refractivity contribution in [2.45, 2.75) is 38.5 Å². The predicted molar refractivity (Wildman–Crippen MR) is 123 cm³/mol. The number of nitrogens with zero attached hydrogens (tertiary/aromatic N) is 1. The fourth-order valence-electron chi connectivity index (χ4n) is 3.89. The van der Waals surface area contributed by atoms with Crippen LogP contribution in [0.3, 0.4) is 0 Å². The Morgan fingerprint density at radius 1 is 0.733 bits per heavy atom. The number of rotatable bonds is 11. The quantitative estimate of drug-likeness (QED) is 0.332. The van der Waals surface area contributed by atoms with Crippen molar-refractivity contribution >= 4 is 29.3 Å². The van der Waals surface area contributed by atoms with Crippen molar-refractivity contribution in [2.24, 2.45) is 0 Å². The van der Waals surface area contributed by atoms with Crippen molar-refractivity contribution in [3.63, 3.8) is 0 Å². The lowest BCUT2D eigenvalue weighted by atomic mass is 10.1. The van der Waals surface area contributed by atoms with Gasteiger partial charge in [0.2, 0.25) is 0 Å². The van der Waals surface area contributed by atoms with Crippen LogP contribution in [0.1, 0.15) is 38.5 Å². The van der Waals surface area contributed by atoms with Crippen LogP contribution >= 0.6 is 7.26 Å². The monoisotopic (exact) mass is 485 g/mol. The van der Waals surface area contributed by atoms with Crippen LogP contribution < -0.4 is 33.0 Å². The molecule has 0 amide bonds. The van der Waals surface area contributed by atoms with E-state index >= 15 is 0 Å². The van der Waals surface area contributed by atoms with Gasteiger partial charge in [-0.3, -0.25) is 4.79 Å². The predicted octanol–water partition coefficient (Wildman–Crippen LogP) is 1.80. The molecule has 0 aliphatic heterocycles. The van der Waals surface area contributed by atoms with E-state index in [1.54, 1.807) is 0 Å². The Bertz CT molecular complexity index is 779. The van der Waals surface area contributed by atoms with Gasteiger partial charge in [0.25, 0.3) is 0 Å². The van der Waals surface area contributed by atoms with E-state index in [0.29, 0.717) is 0 Å². The van der Waals surface area contributed by atoms with Gasteiger partial charge < -0.3 is 22.1 Å². The maximum atomic E-state index is 10.7. The summed E-state index contributed by atoms with van der Waals surface area (Å²) in [6.45, 7) is 0. The summed E-state index contributed by atoms with van der Waals surface area (Å²) in [5, 5.41) is 11.5. The zero-order valence-electron chi connectivity index (χ0n) is 17.2. The fraction of sp³-hybridized carbons (Fsp3) is 0.280. The molecule has 5 heteroatoms. The molecule has 158 valence electrons. The molecule has 0 saturated carbocycles. The summed E-state index contributed by atoms with van der Waals surface area (Å²) in [7, 11) is -1.83. The Hall–Kier alpha value is -2.03. The van der Waals surface area contributed by atoms with E-state index in [-0.39, 0.29) is 23.4 Å². The molecule has 0 unspecified atom stereocenters. The molecule has 0 aliphatic carbocycles. The van der Waals surface area contributed by atoms with Crippen LogP contribution in [-0.2, 0) is 4.79 Å². The van der Waals surface area contributed by atoms with Crippen LogP contribution in [0.2, 0.25) is 0 Å². The van der Waals surface area contributed by atoms with Gasteiger partial charge >= 0.3 is 5.97 Å². The number of pyridine rings is 1. The molecule has 3 nitrogen and oxygen atoms in total. The smallest absolute Gasteiger partial charge is 0.303 e. The molecule has 0 atom stereocenters. The lowest BCUT2D eigenvalue weighted by molar-refractivity contribution is -0.137. The highest BCUT2D eigenvalue weighted by Gasteiger charge is 2.45. The number of hydrogen-bond acceptors (Lipinski definition) is 2. The number of benzene rings is 2. The van der Waals surface area contributed by atoms with Gasteiger partial charge in [-0.15, -0.1) is 0 Å². The second-order valence-corrected chi connectivity index (χ2v) is 10.9. The maximum absolute atomic E-state index is 10.7. The van der Waals surface area contributed by atoms with Gasteiger partial charge in [0.1, 0.15) is 17.9 Å². The summed E-state index contributed by atoms with van der Waals surface area (Å²) in [5.74, 6) is -0.696. The first-order valence-electron chi connectivity index (χ1n) is 10.4. The summed E-state index contributed by atoms with van der Waals surface area (Å²) >= 11 is 0. The van der Waals surface area contributed by atoms with Crippen LogP contribution in [0.5, 0.6) is 0 Å².